The number of carbonyl (C=O) groups excluding carboxylic acids is 1. The number of hydrogen-bond acceptors (Lipinski definition) is 4. The van der Waals surface area contributed by atoms with Gasteiger partial charge in [0.15, 0.2) is 6.10 Å². The molecule has 0 bridgehead atoms. The molecule has 0 fully saturated rings. The molecule has 0 heterocycles. The Bertz CT molecular complexity index is 338. The van der Waals surface area contributed by atoms with Gasteiger partial charge in [0.2, 0.25) is 0 Å². The summed E-state index contributed by atoms with van der Waals surface area (Å²) in [4.78, 5) is 11.5. The van der Waals surface area contributed by atoms with Crippen LogP contribution in [0, 0.1) is 0 Å². The minimum atomic E-state index is -0.701. The van der Waals surface area contributed by atoms with Crippen LogP contribution in [0.25, 0.3) is 0 Å². The largest absolute Gasteiger partial charge is 0.464 e. The molecule has 4 nitrogen and oxygen atoms in total. The van der Waals surface area contributed by atoms with Gasteiger partial charge in [0.05, 0.1) is 6.61 Å². The molecule has 0 saturated carbocycles. The van der Waals surface area contributed by atoms with Crippen molar-refractivity contribution in [3.8, 4) is 0 Å². The van der Waals surface area contributed by atoms with Crippen LogP contribution in [0.1, 0.15) is 18.6 Å². The number of methoxy groups -OCH3 is 1. The quantitative estimate of drug-likeness (QED) is 0.603. The van der Waals surface area contributed by atoms with Crippen molar-refractivity contribution in [2.75, 3.05) is 19.5 Å². The smallest absolute Gasteiger partial charge is 0.339 e. The molecule has 15 heavy (non-hydrogen) atoms. The van der Waals surface area contributed by atoms with Crippen LogP contribution in [0.15, 0.2) is 24.3 Å². The zero-order valence-electron chi connectivity index (χ0n) is 8.90. The Morgan fingerprint density at radius 1 is 1.53 bits per heavy atom. The summed E-state index contributed by atoms with van der Waals surface area (Å²) in [6, 6.07) is 7.00. The van der Waals surface area contributed by atoms with E-state index in [4.69, 9.17) is 15.2 Å². The molecule has 0 saturated heterocycles. The SMILES string of the molecule is CCOC(=O)C(OC)c1cccc(N)c1. The van der Waals surface area contributed by atoms with Crippen LogP contribution in [-0.4, -0.2) is 19.7 Å². The van der Waals surface area contributed by atoms with E-state index in [1.54, 1.807) is 31.2 Å². The molecule has 82 valence electrons. The summed E-state index contributed by atoms with van der Waals surface area (Å²) < 4.78 is 9.96. The number of nitrogens with two attached hydrogens (primary N) is 1. The first-order valence-electron chi connectivity index (χ1n) is 4.74. The van der Waals surface area contributed by atoms with Gasteiger partial charge >= 0.3 is 5.97 Å². The fourth-order valence-corrected chi connectivity index (χ4v) is 1.31. The highest BCUT2D eigenvalue weighted by Crippen LogP contribution is 2.20. The monoisotopic (exact) mass is 209 g/mol. The third-order valence-corrected chi connectivity index (χ3v) is 1.95. The van der Waals surface area contributed by atoms with Gasteiger partial charge in [-0.1, -0.05) is 12.1 Å². The first kappa shape index (κ1) is 11.5. The molecule has 1 rings (SSSR count). The van der Waals surface area contributed by atoms with Crippen LogP contribution in [0.5, 0.6) is 0 Å². The topological polar surface area (TPSA) is 61.5 Å². The molecule has 0 aliphatic rings. The Kier molecular flexibility index (Phi) is 4.12. The van der Waals surface area contributed by atoms with Gasteiger partial charge in [-0.3, -0.25) is 0 Å². The van der Waals surface area contributed by atoms with Gasteiger partial charge in [-0.15, -0.1) is 0 Å². The first-order valence-corrected chi connectivity index (χ1v) is 4.74. The lowest BCUT2D eigenvalue weighted by molar-refractivity contribution is -0.155. The molecule has 4 heteroatoms. The molecular formula is C11H15NO3. The fourth-order valence-electron chi connectivity index (χ4n) is 1.31. The number of esters is 1. The van der Waals surface area contributed by atoms with Crippen molar-refractivity contribution < 1.29 is 14.3 Å². The van der Waals surface area contributed by atoms with E-state index in [2.05, 4.69) is 0 Å². The molecule has 0 aliphatic carbocycles. The van der Waals surface area contributed by atoms with Crippen LogP contribution in [-0.2, 0) is 14.3 Å². The molecule has 1 atom stereocenters. The lowest BCUT2D eigenvalue weighted by atomic mass is 10.1. The lowest BCUT2D eigenvalue weighted by Gasteiger charge is -2.14. The van der Waals surface area contributed by atoms with Gasteiger partial charge in [-0.2, -0.15) is 0 Å². The first-order chi connectivity index (χ1) is 7.19. The van der Waals surface area contributed by atoms with Crippen molar-refractivity contribution in [2.24, 2.45) is 0 Å². The maximum Gasteiger partial charge on any atom is 0.339 e. The van der Waals surface area contributed by atoms with Gasteiger partial charge in [0, 0.05) is 12.8 Å². The van der Waals surface area contributed by atoms with E-state index < -0.39 is 12.1 Å². The maximum absolute atomic E-state index is 11.5. The zero-order chi connectivity index (χ0) is 11.3. The van der Waals surface area contributed by atoms with Crippen molar-refractivity contribution in [3.05, 3.63) is 29.8 Å². The normalized spacial score (nSPS) is 12.1. The molecule has 0 amide bonds. The Labute approximate surface area is 89.0 Å². The van der Waals surface area contributed by atoms with E-state index in [9.17, 15) is 4.79 Å². The van der Waals surface area contributed by atoms with Crippen LogP contribution in [0.2, 0.25) is 0 Å². The Morgan fingerprint density at radius 3 is 2.80 bits per heavy atom. The molecule has 0 spiro atoms. The van der Waals surface area contributed by atoms with E-state index in [-0.39, 0.29) is 0 Å². The molecule has 2 N–H and O–H groups in total. The van der Waals surface area contributed by atoms with Crippen LogP contribution in [0.3, 0.4) is 0 Å². The highest BCUT2D eigenvalue weighted by molar-refractivity contribution is 5.77. The molecule has 0 aromatic heterocycles. The van der Waals surface area contributed by atoms with E-state index in [1.165, 1.54) is 7.11 Å². The highest BCUT2D eigenvalue weighted by Gasteiger charge is 2.21. The number of ether oxygens (including phenoxy) is 2. The standard InChI is InChI=1S/C11H15NO3/c1-3-15-11(13)10(14-2)8-5-4-6-9(12)7-8/h4-7,10H,3,12H2,1-2H3. The molecule has 0 aliphatic heterocycles. The number of benzene rings is 1. The number of anilines is 1. The maximum atomic E-state index is 11.5. The van der Waals surface area contributed by atoms with Gasteiger partial charge in [-0.05, 0) is 24.6 Å². The molecule has 0 radical (unpaired) electrons. The Hall–Kier alpha value is -1.55. The van der Waals surface area contributed by atoms with E-state index in [1.807, 2.05) is 0 Å². The highest BCUT2D eigenvalue weighted by atomic mass is 16.6. The van der Waals surface area contributed by atoms with Crippen LogP contribution < -0.4 is 5.73 Å². The summed E-state index contributed by atoms with van der Waals surface area (Å²) in [7, 11) is 1.46. The Morgan fingerprint density at radius 2 is 2.27 bits per heavy atom. The number of carbonyl (C=O) groups is 1. The Balaban J connectivity index is 2.87. The van der Waals surface area contributed by atoms with Crippen molar-refractivity contribution in [2.45, 2.75) is 13.0 Å². The summed E-state index contributed by atoms with van der Waals surface area (Å²) >= 11 is 0. The summed E-state index contributed by atoms with van der Waals surface area (Å²) in [6.45, 7) is 2.09. The van der Waals surface area contributed by atoms with Crippen molar-refractivity contribution >= 4 is 11.7 Å². The molecule has 1 aromatic rings. The van der Waals surface area contributed by atoms with Crippen molar-refractivity contribution in [1.29, 1.82) is 0 Å². The molecule has 1 unspecified atom stereocenters. The average molecular weight is 209 g/mol. The van der Waals surface area contributed by atoms with Gasteiger partial charge in [0.1, 0.15) is 0 Å². The van der Waals surface area contributed by atoms with E-state index >= 15 is 0 Å². The van der Waals surface area contributed by atoms with Crippen LogP contribution in [0.4, 0.5) is 5.69 Å². The third kappa shape index (κ3) is 2.95. The lowest BCUT2D eigenvalue weighted by Crippen LogP contribution is -2.17. The van der Waals surface area contributed by atoms with E-state index in [0.717, 1.165) is 0 Å². The van der Waals surface area contributed by atoms with Gasteiger partial charge < -0.3 is 15.2 Å². The number of hydrogen-bond donors (Lipinski definition) is 1. The second kappa shape index (κ2) is 5.36. The zero-order valence-corrected chi connectivity index (χ0v) is 8.90. The van der Waals surface area contributed by atoms with Gasteiger partial charge in [-0.25, -0.2) is 4.79 Å². The second-order valence-corrected chi connectivity index (χ2v) is 3.04. The number of nitrogen functional groups attached to an aromatic ring is 1. The minimum Gasteiger partial charge on any atom is -0.464 e. The second-order valence-electron chi connectivity index (χ2n) is 3.04. The minimum absolute atomic E-state index is 0.334. The average Bonchev–Trinajstić information content (AvgIpc) is 2.19. The summed E-state index contributed by atoms with van der Waals surface area (Å²) in [5, 5.41) is 0. The molecule has 1 aromatic carbocycles. The van der Waals surface area contributed by atoms with Gasteiger partial charge in [0.25, 0.3) is 0 Å². The third-order valence-electron chi connectivity index (χ3n) is 1.95. The van der Waals surface area contributed by atoms with Crippen LogP contribution >= 0.6 is 0 Å². The number of rotatable bonds is 4. The van der Waals surface area contributed by atoms with E-state index in [0.29, 0.717) is 17.9 Å². The van der Waals surface area contributed by atoms with Crippen molar-refractivity contribution in [3.63, 3.8) is 0 Å². The summed E-state index contributed by atoms with van der Waals surface area (Å²) in [6.07, 6.45) is -0.701. The van der Waals surface area contributed by atoms with Crippen molar-refractivity contribution in [1.82, 2.24) is 0 Å². The fraction of sp³-hybridized carbons (Fsp3) is 0.364. The predicted molar refractivity (Wildman–Crippen MR) is 57.2 cm³/mol. The molecular weight excluding hydrogens is 194 g/mol. The predicted octanol–water partition coefficient (Wildman–Crippen LogP) is 1.52. The summed E-state index contributed by atoms with van der Waals surface area (Å²) in [5.74, 6) is -0.398. The summed E-state index contributed by atoms with van der Waals surface area (Å²) in [5.41, 5.74) is 6.92.